The van der Waals surface area contributed by atoms with Crippen molar-refractivity contribution in [3.8, 4) is 0 Å². The second-order valence-corrected chi connectivity index (χ2v) is 15.3. The molecule has 1 aliphatic heterocycles. The van der Waals surface area contributed by atoms with Crippen LogP contribution in [-0.2, 0) is 5.41 Å². The summed E-state index contributed by atoms with van der Waals surface area (Å²) in [6, 6.07) is 14.5. The molecule has 0 nitrogen and oxygen atoms in total. The first-order valence-corrected chi connectivity index (χ1v) is 17.5. The van der Waals surface area contributed by atoms with Gasteiger partial charge in [-0.15, -0.1) is 11.8 Å². The van der Waals surface area contributed by atoms with Crippen molar-refractivity contribution in [2.45, 2.75) is 46.7 Å². The molecule has 0 amide bonds. The maximum absolute atomic E-state index is 2.73. The molecule has 1 fully saturated rings. The van der Waals surface area contributed by atoms with Gasteiger partial charge in [0.05, 0.1) is 0 Å². The molecule has 2 aromatic carbocycles. The molecule has 44 heavy (non-hydrogen) atoms. The van der Waals surface area contributed by atoms with Crippen LogP contribution in [0, 0.1) is 23.7 Å². The standard InChI is InChI=1S/C43H34S/c1-2-12-28-27(11-1)32-17-10-21-37-40(32)41-34(28)23-25(26-16-9-18-33-31-15-5-8-22-39(31)44-42(26)33)24-38(41)43(37)35-19-6-3-13-29(35)30-14-4-7-20-36(30)43/h1-18,22-24,27-28,33,35-37,42H,19-21H2. The average Bonchev–Trinajstić information content (AvgIpc) is 3.72. The number of benzene rings is 2. The van der Waals surface area contributed by atoms with Crippen LogP contribution >= 0.6 is 11.8 Å². The van der Waals surface area contributed by atoms with E-state index in [1.54, 1.807) is 39.0 Å². The fourth-order valence-electron chi connectivity index (χ4n) is 11.1. The summed E-state index contributed by atoms with van der Waals surface area (Å²) in [5, 5.41) is 0.435. The Bertz CT molecular complexity index is 1970. The summed E-state index contributed by atoms with van der Waals surface area (Å²) in [7, 11) is 0. The number of allylic oxidation sites excluding steroid dienone is 19. The van der Waals surface area contributed by atoms with Crippen molar-refractivity contribution in [1.29, 1.82) is 0 Å². The lowest BCUT2D eigenvalue weighted by molar-refractivity contribution is 0.208. The van der Waals surface area contributed by atoms with Crippen LogP contribution in [0.2, 0.25) is 0 Å². The van der Waals surface area contributed by atoms with Crippen LogP contribution in [0.5, 0.6) is 0 Å². The van der Waals surface area contributed by atoms with E-state index in [0.29, 0.717) is 40.8 Å². The van der Waals surface area contributed by atoms with Crippen LogP contribution in [0.3, 0.4) is 0 Å². The van der Waals surface area contributed by atoms with Gasteiger partial charge in [0.25, 0.3) is 0 Å². The third-order valence-electron chi connectivity index (χ3n) is 12.6. The predicted molar refractivity (Wildman–Crippen MR) is 183 cm³/mol. The minimum atomic E-state index is 0.0931. The van der Waals surface area contributed by atoms with Gasteiger partial charge in [0.15, 0.2) is 0 Å². The van der Waals surface area contributed by atoms with E-state index in [9.17, 15) is 0 Å². The number of hydrogen-bond acceptors (Lipinski definition) is 1. The van der Waals surface area contributed by atoms with Gasteiger partial charge in [-0.25, -0.2) is 0 Å². The largest absolute Gasteiger partial charge is 0.117 e. The van der Waals surface area contributed by atoms with E-state index in [-0.39, 0.29) is 5.41 Å². The zero-order valence-corrected chi connectivity index (χ0v) is 25.5. The van der Waals surface area contributed by atoms with E-state index >= 15 is 0 Å². The average molecular weight is 583 g/mol. The Hall–Kier alpha value is -3.81. The summed E-state index contributed by atoms with van der Waals surface area (Å²) in [5.74, 6) is 2.88. The number of hydrogen-bond donors (Lipinski definition) is 0. The van der Waals surface area contributed by atoms with Gasteiger partial charge in [-0.3, -0.25) is 0 Å². The topological polar surface area (TPSA) is 0 Å². The monoisotopic (exact) mass is 582 g/mol. The Labute approximate surface area is 264 Å². The summed E-state index contributed by atoms with van der Waals surface area (Å²) >= 11 is 2.08. The Balaban J connectivity index is 1.20. The maximum atomic E-state index is 2.73. The summed E-state index contributed by atoms with van der Waals surface area (Å²) in [5.41, 5.74) is 16.0. The minimum absolute atomic E-state index is 0.0931. The Morgan fingerprint density at radius 2 is 1.36 bits per heavy atom. The van der Waals surface area contributed by atoms with E-state index < -0.39 is 0 Å². The molecule has 0 saturated heterocycles. The van der Waals surface area contributed by atoms with Crippen LogP contribution in [0.1, 0.15) is 58.9 Å². The van der Waals surface area contributed by atoms with Crippen molar-refractivity contribution in [2.24, 2.45) is 23.7 Å². The number of fused-ring (bicyclic) bond motifs is 13. The summed E-state index contributed by atoms with van der Waals surface area (Å²) < 4.78 is 0. The molecule has 0 radical (unpaired) electrons. The molecule has 1 heterocycles. The van der Waals surface area contributed by atoms with Gasteiger partial charge in [0.2, 0.25) is 0 Å². The minimum Gasteiger partial charge on any atom is -0.117 e. The number of thioether (sulfide) groups is 1. The zero-order chi connectivity index (χ0) is 28.6. The van der Waals surface area contributed by atoms with E-state index in [2.05, 4.69) is 139 Å². The molecule has 0 aromatic heterocycles. The lowest BCUT2D eigenvalue weighted by atomic mass is 9.58. The van der Waals surface area contributed by atoms with Gasteiger partial charge in [0.1, 0.15) is 0 Å². The molecule has 8 aliphatic carbocycles. The molecular formula is C43H34S. The molecule has 212 valence electrons. The summed E-state index contributed by atoms with van der Waals surface area (Å²) in [4.78, 5) is 1.45. The van der Waals surface area contributed by atoms with Crippen LogP contribution in [0.25, 0.3) is 11.1 Å². The van der Waals surface area contributed by atoms with Crippen molar-refractivity contribution in [3.05, 3.63) is 172 Å². The van der Waals surface area contributed by atoms with Crippen molar-refractivity contribution < 1.29 is 0 Å². The molecule has 7 atom stereocenters. The van der Waals surface area contributed by atoms with E-state index in [1.165, 1.54) is 21.6 Å². The highest BCUT2D eigenvalue weighted by Gasteiger charge is 2.65. The SMILES string of the molecule is C1=CCC2C(=C1)C1=CC=CCC1C21c2cc(C3=CC=CC4c5ccccc5SC34)cc3c2C2=C(C=CCC21)C1C=CC=CC31. The predicted octanol–water partition coefficient (Wildman–Crippen LogP) is 10.3. The highest BCUT2D eigenvalue weighted by Crippen LogP contribution is 2.73. The van der Waals surface area contributed by atoms with Crippen LogP contribution < -0.4 is 0 Å². The van der Waals surface area contributed by atoms with Crippen molar-refractivity contribution in [2.75, 3.05) is 0 Å². The summed E-state index contributed by atoms with van der Waals surface area (Å²) in [6.07, 6.45) is 39.9. The third kappa shape index (κ3) is 2.85. The first kappa shape index (κ1) is 24.5. The Kier molecular flexibility index (Phi) is 4.83. The second kappa shape index (κ2) is 8.67. The van der Waals surface area contributed by atoms with Crippen molar-refractivity contribution in [3.63, 3.8) is 0 Å². The smallest absolute Gasteiger partial charge is 0.0454 e. The van der Waals surface area contributed by atoms with Gasteiger partial charge in [-0.05, 0) is 98.8 Å². The molecule has 2 aromatic rings. The molecule has 9 aliphatic rings. The normalized spacial score (nSPS) is 36.8. The highest BCUT2D eigenvalue weighted by molar-refractivity contribution is 8.00. The van der Waals surface area contributed by atoms with Crippen LogP contribution in [0.15, 0.2) is 149 Å². The zero-order valence-electron chi connectivity index (χ0n) is 24.7. The molecule has 0 bridgehead atoms. The maximum Gasteiger partial charge on any atom is 0.0454 e. The first-order chi connectivity index (χ1) is 21.8. The first-order valence-electron chi connectivity index (χ1n) is 16.7. The summed E-state index contributed by atoms with van der Waals surface area (Å²) in [6.45, 7) is 0. The van der Waals surface area contributed by atoms with E-state index in [1.807, 2.05) is 0 Å². The highest BCUT2D eigenvalue weighted by atomic mass is 32.2. The second-order valence-electron chi connectivity index (χ2n) is 14.1. The van der Waals surface area contributed by atoms with E-state index in [0.717, 1.165) is 19.3 Å². The third-order valence-corrected chi connectivity index (χ3v) is 14.0. The quantitative estimate of drug-likeness (QED) is 0.322. The van der Waals surface area contributed by atoms with E-state index in [4.69, 9.17) is 0 Å². The molecule has 11 rings (SSSR count). The van der Waals surface area contributed by atoms with Crippen molar-refractivity contribution in [1.82, 2.24) is 0 Å². The lowest BCUT2D eigenvalue weighted by Crippen LogP contribution is -2.42. The van der Waals surface area contributed by atoms with Gasteiger partial charge >= 0.3 is 0 Å². The van der Waals surface area contributed by atoms with Gasteiger partial charge < -0.3 is 0 Å². The molecule has 0 N–H and O–H groups in total. The fourth-order valence-corrected chi connectivity index (χ4v) is 12.6. The van der Waals surface area contributed by atoms with Crippen molar-refractivity contribution >= 4 is 22.9 Å². The van der Waals surface area contributed by atoms with Gasteiger partial charge in [-0.1, -0.05) is 121 Å². The molecular weight excluding hydrogens is 549 g/mol. The van der Waals surface area contributed by atoms with Crippen LogP contribution in [-0.4, -0.2) is 5.25 Å². The molecule has 7 unspecified atom stereocenters. The lowest BCUT2D eigenvalue weighted by Gasteiger charge is -2.44. The molecule has 1 saturated carbocycles. The Morgan fingerprint density at radius 1 is 0.636 bits per heavy atom. The Morgan fingerprint density at radius 3 is 2.20 bits per heavy atom. The van der Waals surface area contributed by atoms with Crippen LogP contribution in [0.4, 0.5) is 0 Å². The fraction of sp³-hybridized carbons (Fsp3) is 0.256. The number of rotatable bonds is 1. The van der Waals surface area contributed by atoms with Gasteiger partial charge in [-0.2, -0.15) is 0 Å². The molecule has 1 heteroatoms. The van der Waals surface area contributed by atoms with Gasteiger partial charge in [0, 0.05) is 33.3 Å². The molecule has 1 spiro atoms.